The maximum absolute atomic E-state index is 4.98. The van der Waals surface area contributed by atoms with E-state index < -0.39 is 9.52 Å². The Balaban J connectivity index is 1.68. The summed E-state index contributed by atoms with van der Waals surface area (Å²) in [5.41, 5.74) is 2.56. The van der Waals surface area contributed by atoms with E-state index in [1.165, 1.54) is 44.0 Å². The van der Waals surface area contributed by atoms with Crippen LogP contribution in [0.3, 0.4) is 0 Å². The number of hydrogen-bond donors (Lipinski definition) is 0. The minimum Gasteiger partial charge on any atom is -0.379 e. The topological polar surface area (TPSA) is 59.2 Å². The van der Waals surface area contributed by atoms with Crippen LogP contribution in [0, 0.1) is 0 Å². The summed E-state index contributed by atoms with van der Waals surface area (Å²) in [6.45, 7) is 13.5. The van der Waals surface area contributed by atoms with Crippen LogP contribution in [0.15, 0.2) is 47.1 Å². The molecular weight excluding hydrogens is 424 g/mol. The van der Waals surface area contributed by atoms with E-state index in [1.54, 1.807) is 11.5 Å². The van der Waals surface area contributed by atoms with Crippen molar-refractivity contribution in [3.8, 4) is 11.5 Å². The molecular formula is C26H36N6Si. The predicted octanol–water partition coefficient (Wildman–Crippen LogP) is 3.79. The van der Waals surface area contributed by atoms with Crippen LogP contribution in [0.2, 0.25) is 0 Å². The Morgan fingerprint density at radius 1 is 1.03 bits per heavy atom. The Labute approximate surface area is 199 Å². The second kappa shape index (κ2) is 9.99. The van der Waals surface area contributed by atoms with Crippen molar-refractivity contribution < 1.29 is 0 Å². The van der Waals surface area contributed by atoms with Crippen molar-refractivity contribution in [3.63, 3.8) is 0 Å². The molecule has 4 rings (SSSR count). The van der Waals surface area contributed by atoms with E-state index in [0.29, 0.717) is 5.82 Å². The molecule has 1 aliphatic rings. The first kappa shape index (κ1) is 23.4. The minimum absolute atomic E-state index is 0.0980. The van der Waals surface area contributed by atoms with Crippen molar-refractivity contribution in [1.82, 2.24) is 29.7 Å². The summed E-state index contributed by atoms with van der Waals surface area (Å²) in [4.78, 5) is 7.10. The fourth-order valence-corrected chi connectivity index (χ4v) is 6.01. The SMILES string of the molecule is CCCCN(CCCC)C1=CC=C(/C=c2/c(C(C)(C)C)nn3c(-c4ccccn4)nnc23)[SiH2]1. The molecule has 0 saturated carbocycles. The molecule has 0 radical (unpaired) electrons. The van der Waals surface area contributed by atoms with Gasteiger partial charge in [-0.05, 0) is 36.4 Å². The number of pyridine rings is 1. The quantitative estimate of drug-likeness (QED) is 0.455. The third-order valence-electron chi connectivity index (χ3n) is 6.12. The molecule has 0 saturated heterocycles. The van der Waals surface area contributed by atoms with Crippen molar-refractivity contribution in [2.75, 3.05) is 13.1 Å². The van der Waals surface area contributed by atoms with Crippen LogP contribution in [0.25, 0.3) is 23.2 Å². The summed E-state index contributed by atoms with van der Waals surface area (Å²) in [5, 5.41) is 18.1. The van der Waals surface area contributed by atoms with Gasteiger partial charge in [0, 0.05) is 29.9 Å². The van der Waals surface area contributed by atoms with E-state index in [2.05, 4.69) is 72.9 Å². The Kier molecular flexibility index (Phi) is 7.07. The summed E-state index contributed by atoms with van der Waals surface area (Å²) in [5.74, 6) is 0.692. The minimum atomic E-state index is -0.529. The van der Waals surface area contributed by atoms with Gasteiger partial charge < -0.3 is 4.90 Å². The average molecular weight is 461 g/mol. The molecule has 7 heteroatoms. The van der Waals surface area contributed by atoms with Gasteiger partial charge >= 0.3 is 0 Å². The molecule has 3 aromatic rings. The molecule has 0 atom stereocenters. The first-order valence-electron chi connectivity index (χ1n) is 12.3. The van der Waals surface area contributed by atoms with Gasteiger partial charge in [0.05, 0.1) is 5.69 Å². The van der Waals surface area contributed by atoms with Crippen LogP contribution >= 0.6 is 0 Å². The molecule has 33 heavy (non-hydrogen) atoms. The van der Waals surface area contributed by atoms with Gasteiger partial charge in [-0.2, -0.15) is 9.61 Å². The lowest BCUT2D eigenvalue weighted by atomic mass is 9.91. The number of rotatable bonds is 9. The van der Waals surface area contributed by atoms with Crippen molar-refractivity contribution >= 4 is 21.2 Å². The van der Waals surface area contributed by atoms with Gasteiger partial charge in [0.1, 0.15) is 15.2 Å². The van der Waals surface area contributed by atoms with Crippen molar-refractivity contribution in [2.24, 2.45) is 0 Å². The zero-order valence-corrected chi connectivity index (χ0v) is 22.1. The van der Waals surface area contributed by atoms with Crippen LogP contribution in [0.5, 0.6) is 0 Å². The molecule has 0 unspecified atom stereocenters. The standard InChI is InChI=1S/C26H36N6Si/c1-6-8-16-31(17-9-7-2)22-14-13-19(33-22)18-20-23(26(3,4)5)30-32-24(20)28-29-25(32)21-12-10-11-15-27-21/h10-15,18H,6-9,16-17,33H2,1-5H3/b20-18-. The highest BCUT2D eigenvalue weighted by molar-refractivity contribution is 6.57. The molecule has 174 valence electrons. The number of fused-ring (bicyclic) bond motifs is 1. The lowest BCUT2D eigenvalue weighted by Crippen LogP contribution is -2.28. The van der Waals surface area contributed by atoms with E-state index in [4.69, 9.17) is 5.10 Å². The van der Waals surface area contributed by atoms with Gasteiger partial charge in [-0.25, -0.2) is 0 Å². The summed E-state index contributed by atoms with van der Waals surface area (Å²) in [6, 6.07) is 5.83. The molecule has 0 bridgehead atoms. The molecule has 0 amide bonds. The number of aromatic nitrogens is 5. The van der Waals surface area contributed by atoms with Gasteiger partial charge in [0.15, 0.2) is 5.65 Å². The van der Waals surface area contributed by atoms with Crippen molar-refractivity contribution in [1.29, 1.82) is 0 Å². The van der Waals surface area contributed by atoms with Gasteiger partial charge in [-0.3, -0.25) is 4.98 Å². The summed E-state index contributed by atoms with van der Waals surface area (Å²) >= 11 is 0. The van der Waals surface area contributed by atoms with Gasteiger partial charge in [-0.1, -0.05) is 70.9 Å². The van der Waals surface area contributed by atoms with Crippen molar-refractivity contribution in [2.45, 2.75) is 65.7 Å². The molecule has 6 nitrogen and oxygen atoms in total. The highest BCUT2D eigenvalue weighted by Crippen LogP contribution is 2.22. The summed E-state index contributed by atoms with van der Waals surface area (Å²) < 4.78 is 1.87. The molecule has 0 aliphatic carbocycles. The predicted molar refractivity (Wildman–Crippen MR) is 138 cm³/mol. The van der Waals surface area contributed by atoms with E-state index in [9.17, 15) is 0 Å². The molecule has 3 aromatic heterocycles. The normalized spacial score (nSPS) is 15.5. The summed E-state index contributed by atoms with van der Waals surface area (Å²) in [6.07, 6.45) is 13.8. The maximum Gasteiger partial charge on any atom is 0.203 e. The van der Waals surface area contributed by atoms with Crippen molar-refractivity contribution in [3.05, 3.63) is 58.0 Å². The lowest BCUT2D eigenvalue weighted by Gasteiger charge is -2.26. The van der Waals surface area contributed by atoms with Gasteiger partial charge in [0.2, 0.25) is 5.82 Å². The lowest BCUT2D eigenvalue weighted by molar-refractivity contribution is 0.349. The second-order valence-corrected chi connectivity index (χ2v) is 11.8. The first-order chi connectivity index (χ1) is 15.9. The molecule has 0 spiro atoms. The number of unbranched alkanes of at least 4 members (excludes halogenated alkanes) is 2. The van der Waals surface area contributed by atoms with E-state index in [-0.39, 0.29) is 5.41 Å². The fourth-order valence-electron chi connectivity index (χ4n) is 4.27. The molecule has 0 N–H and O–H groups in total. The molecule has 0 fully saturated rings. The van der Waals surface area contributed by atoms with Gasteiger partial charge in [0.25, 0.3) is 0 Å². The Morgan fingerprint density at radius 2 is 1.79 bits per heavy atom. The fraction of sp³-hybridized carbons (Fsp3) is 0.462. The monoisotopic (exact) mass is 460 g/mol. The molecule has 0 aromatic carbocycles. The average Bonchev–Trinajstić information content (AvgIpc) is 3.51. The van der Waals surface area contributed by atoms with Gasteiger partial charge in [-0.15, -0.1) is 10.2 Å². The van der Waals surface area contributed by atoms with E-state index >= 15 is 0 Å². The largest absolute Gasteiger partial charge is 0.379 e. The second-order valence-electron chi connectivity index (χ2n) is 9.90. The summed E-state index contributed by atoms with van der Waals surface area (Å²) in [7, 11) is -0.529. The van der Waals surface area contributed by atoms with Crippen LogP contribution in [-0.2, 0) is 5.41 Å². The zero-order chi connectivity index (χ0) is 23.4. The number of hydrogen-bond acceptors (Lipinski definition) is 5. The molecule has 4 heterocycles. The van der Waals surface area contributed by atoms with Crippen LogP contribution < -0.4 is 5.22 Å². The highest BCUT2D eigenvalue weighted by Gasteiger charge is 2.25. The number of allylic oxidation sites excluding steroid dienone is 3. The number of nitrogens with zero attached hydrogens (tertiary/aromatic N) is 6. The zero-order valence-electron chi connectivity index (χ0n) is 20.7. The third-order valence-corrected chi connectivity index (χ3v) is 8.01. The first-order valence-corrected chi connectivity index (χ1v) is 13.7. The Bertz CT molecular complexity index is 1200. The Morgan fingerprint density at radius 3 is 2.42 bits per heavy atom. The van der Waals surface area contributed by atoms with E-state index in [1.807, 2.05) is 22.7 Å². The smallest absolute Gasteiger partial charge is 0.203 e. The maximum atomic E-state index is 4.98. The van der Waals surface area contributed by atoms with Crippen LogP contribution in [0.4, 0.5) is 0 Å². The third kappa shape index (κ3) is 5.08. The molecule has 1 aliphatic heterocycles. The van der Waals surface area contributed by atoms with Crippen LogP contribution in [-0.4, -0.2) is 52.3 Å². The Hall–Kier alpha value is -2.80. The van der Waals surface area contributed by atoms with Crippen LogP contribution in [0.1, 0.15) is 66.0 Å². The highest BCUT2D eigenvalue weighted by atomic mass is 28.2. The van der Waals surface area contributed by atoms with E-state index in [0.717, 1.165) is 22.3 Å².